The van der Waals surface area contributed by atoms with E-state index in [0.717, 1.165) is 11.1 Å². The van der Waals surface area contributed by atoms with Crippen LogP contribution in [0.5, 0.6) is 0 Å². The van der Waals surface area contributed by atoms with E-state index in [4.69, 9.17) is 4.74 Å². The monoisotopic (exact) mass is 416 g/mol. The lowest BCUT2D eigenvalue weighted by Gasteiger charge is -2.11. The van der Waals surface area contributed by atoms with Gasteiger partial charge in [-0.15, -0.1) is 0 Å². The van der Waals surface area contributed by atoms with Gasteiger partial charge in [-0.2, -0.15) is 0 Å². The van der Waals surface area contributed by atoms with Crippen molar-refractivity contribution >= 4 is 34.3 Å². The van der Waals surface area contributed by atoms with E-state index < -0.39 is 29.3 Å². The molecule has 2 N–H and O–H groups in total. The van der Waals surface area contributed by atoms with E-state index in [0.29, 0.717) is 16.3 Å². The fourth-order valence-electron chi connectivity index (χ4n) is 2.51. The molecule has 0 saturated heterocycles. The van der Waals surface area contributed by atoms with Gasteiger partial charge in [0, 0.05) is 11.4 Å². The van der Waals surface area contributed by atoms with Gasteiger partial charge in [0.05, 0.1) is 27.8 Å². The lowest BCUT2D eigenvalue weighted by Crippen LogP contribution is -2.35. The Hall–Kier alpha value is -3.00. The van der Waals surface area contributed by atoms with Crippen LogP contribution in [0.2, 0.25) is 0 Å². The largest absolute Gasteiger partial charge is 0.452 e. The summed E-state index contributed by atoms with van der Waals surface area (Å²) < 4.78 is 17.0. The number of nitrogens with one attached hydrogen (secondary N) is 2. The van der Waals surface area contributed by atoms with Crippen LogP contribution < -0.4 is 10.6 Å². The fourth-order valence-corrected chi connectivity index (χ4v) is 3.45. The number of rotatable bonds is 8. The van der Waals surface area contributed by atoms with Gasteiger partial charge >= 0.3 is 5.97 Å². The standard InChI is InChI=1S/C21H24N2O5S/c1-4-29(27)18-11-6-5-9-16(18)21(26)28-13-20(25)22-12-19(24)23-17-10-7-8-14(2)15(17)3/h5-11H,4,12-13H2,1-3H3,(H,22,25)(H,23,24)/t29-/m0/s1. The minimum Gasteiger partial charge on any atom is -0.452 e. The van der Waals surface area contributed by atoms with Crippen molar-refractivity contribution in [3.63, 3.8) is 0 Å². The maximum Gasteiger partial charge on any atom is 0.339 e. The number of benzene rings is 2. The van der Waals surface area contributed by atoms with E-state index in [2.05, 4.69) is 10.6 Å². The highest BCUT2D eigenvalue weighted by molar-refractivity contribution is 7.85. The lowest BCUT2D eigenvalue weighted by atomic mass is 10.1. The highest BCUT2D eigenvalue weighted by atomic mass is 32.2. The highest BCUT2D eigenvalue weighted by Crippen LogP contribution is 2.17. The molecular weight excluding hydrogens is 392 g/mol. The highest BCUT2D eigenvalue weighted by Gasteiger charge is 2.17. The predicted molar refractivity (Wildman–Crippen MR) is 111 cm³/mol. The van der Waals surface area contributed by atoms with Gasteiger partial charge < -0.3 is 15.4 Å². The number of hydrogen-bond acceptors (Lipinski definition) is 5. The van der Waals surface area contributed by atoms with Gasteiger partial charge in [-0.1, -0.05) is 31.2 Å². The molecule has 2 rings (SSSR count). The Balaban J connectivity index is 1.84. The average Bonchev–Trinajstić information content (AvgIpc) is 2.73. The van der Waals surface area contributed by atoms with Crippen molar-refractivity contribution in [2.24, 2.45) is 0 Å². The number of anilines is 1. The SMILES string of the molecule is CC[S@](=O)c1ccccc1C(=O)OCC(=O)NCC(=O)Nc1cccc(C)c1C. The van der Waals surface area contributed by atoms with Crippen molar-refractivity contribution in [2.45, 2.75) is 25.7 Å². The molecule has 1 atom stereocenters. The van der Waals surface area contributed by atoms with Crippen molar-refractivity contribution in [1.29, 1.82) is 0 Å². The van der Waals surface area contributed by atoms with Crippen molar-refractivity contribution in [3.05, 3.63) is 59.2 Å². The molecule has 7 nitrogen and oxygen atoms in total. The number of aryl methyl sites for hydroxylation is 1. The molecule has 0 spiro atoms. The van der Waals surface area contributed by atoms with E-state index in [9.17, 15) is 18.6 Å². The second kappa shape index (κ2) is 10.5. The first-order valence-corrected chi connectivity index (χ1v) is 10.4. The number of amides is 2. The molecule has 0 unspecified atom stereocenters. The second-order valence-corrected chi connectivity index (χ2v) is 7.99. The van der Waals surface area contributed by atoms with Gasteiger partial charge in [0.1, 0.15) is 0 Å². The molecule has 0 saturated carbocycles. The quantitative estimate of drug-likeness (QED) is 0.643. The molecule has 0 bridgehead atoms. The second-order valence-electron chi connectivity index (χ2n) is 6.28. The molecule has 0 aliphatic carbocycles. The van der Waals surface area contributed by atoms with E-state index in [-0.39, 0.29) is 18.0 Å². The maximum atomic E-state index is 12.2. The van der Waals surface area contributed by atoms with Crippen molar-refractivity contribution in [1.82, 2.24) is 5.32 Å². The third-order valence-corrected chi connectivity index (χ3v) is 5.64. The summed E-state index contributed by atoms with van der Waals surface area (Å²) >= 11 is 0. The van der Waals surface area contributed by atoms with Gasteiger partial charge in [-0.25, -0.2) is 4.79 Å². The summed E-state index contributed by atoms with van der Waals surface area (Å²) in [4.78, 5) is 36.5. The minimum absolute atomic E-state index is 0.160. The van der Waals surface area contributed by atoms with Crippen LogP contribution in [-0.2, 0) is 25.1 Å². The number of esters is 1. The normalized spacial score (nSPS) is 11.4. The molecule has 0 aliphatic heterocycles. The summed E-state index contributed by atoms with van der Waals surface area (Å²) in [6.45, 7) is 4.79. The van der Waals surface area contributed by atoms with Crippen LogP contribution in [0.4, 0.5) is 5.69 Å². The molecule has 8 heteroatoms. The van der Waals surface area contributed by atoms with E-state index in [1.807, 2.05) is 26.0 Å². The topological polar surface area (TPSA) is 102 Å². The first-order chi connectivity index (χ1) is 13.8. The number of ether oxygens (including phenoxy) is 1. The van der Waals surface area contributed by atoms with Crippen LogP contribution in [0.25, 0.3) is 0 Å². The summed E-state index contributed by atoms with van der Waals surface area (Å²) in [5.41, 5.74) is 2.83. The van der Waals surface area contributed by atoms with Gasteiger partial charge in [0.2, 0.25) is 5.91 Å². The number of hydrogen-bond donors (Lipinski definition) is 2. The molecule has 0 aromatic heterocycles. The smallest absolute Gasteiger partial charge is 0.339 e. The van der Waals surface area contributed by atoms with E-state index >= 15 is 0 Å². The third-order valence-electron chi connectivity index (χ3n) is 4.27. The first-order valence-electron chi connectivity index (χ1n) is 9.10. The zero-order valence-electron chi connectivity index (χ0n) is 16.6. The van der Waals surface area contributed by atoms with Gasteiger partial charge in [0.15, 0.2) is 6.61 Å². The maximum absolute atomic E-state index is 12.2. The molecule has 0 aliphatic rings. The summed E-state index contributed by atoms with van der Waals surface area (Å²) in [5.74, 6) is -1.37. The summed E-state index contributed by atoms with van der Waals surface area (Å²) in [7, 11) is -1.32. The number of carbonyl (C=O) groups is 3. The van der Waals surface area contributed by atoms with Crippen LogP contribution in [-0.4, -0.2) is 40.9 Å². The molecule has 2 aromatic carbocycles. The van der Waals surface area contributed by atoms with Crippen LogP contribution in [0.1, 0.15) is 28.4 Å². The Bertz CT molecular complexity index is 942. The molecule has 0 fully saturated rings. The average molecular weight is 416 g/mol. The third kappa shape index (κ3) is 6.25. The van der Waals surface area contributed by atoms with Crippen molar-refractivity contribution in [3.8, 4) is 0 Å². The zero-order chi connectivity index (χ0) is 21.4. The molecule has 0 heterocycles. The minimum atomic E-state index is -1.32. The molecule has 2 aromatic rings. The Morgan fingerprint density at radius 1 is 1.00 bits per heavy atom. The zero-order valence-corrected chi connectivity index (χ0v) is 17.4. The van der Waals surface area contributed by atoms with Crippen molar-refractivity contribution < 1.29 is 23.3 Å². The molecule has 2 amide bonds. The Labute approximate surface area is 172 Å². The molecule has 29 heavy (non-hydrogen) atoms. The van der Waals surface area contributed by atoms with Crippen LogP contribution in [0.3, 0.4) is 0 Å². The van der Waals surface area contributed by atoms with Gasteiger partial charge in [0.25, 0.3) is 5.91 Å². The number of carbonyl (C=O) groups excluding carboxylic acids is 3. The van der Waals surface area contributed by atoms with Crippen molar-refractivity contribution in [2.75, 3.05) is 24.2 Å². The van der Waals surface area contributed by atoms with Crippen LogP contribution >= 0.6 is 0 Å². The van der Waals surface area contributed by atoms with E-state index in [1.165, 1.54) is 6.07 Å². The Morgan fingerprint density at radius 3 is 2.45 bits per heavy atom. The fraction of sp³-hybridized carbons (Fsp3) is 0.286. The lowest BCUT2D eigenvalue weighted by molar-refractivity contribution is -0.126. The summed E-state index contributed by atoms with van der Waals surface area (Å²) in [5, 5.41) is 5.13. The van der Waals surface area contributed by atoms with Gasteiger partial charge in [-0.3, -0.25) is 13.8 Å². The van der Waals surface area contributed by atoms with Gasteiger partial charge in [-0.05, 0) is 43.2 Å². The molecule has 154 valence electrons. The molecule has 0 radical (unpaired) electrons. The Kier molecular flexibility index (Phi) is 8.09. The first kappa shape index (κ1) is 22.3. The summed E-state index contributed by atoms with van der Waals surface area (Å²) in [6.07, 6.45) is 0. The Morgan fingerprint density at radius 2 is 1.72 bits per heavy atom. The van der Waals surface area contributed by atoms with Crippen LogP contribution in [0.15, 0.2) is 47.4 Å². The summed E-state index contributed by atoms with van der Waals surface area (Å²) in [6, 6.07) is 12.0. The molecular formula is C21H24N2O5S. The van der Waals surface area contributed by atoms with Crippen LogP contribution in [0, 0.1) is 13.8 Å². The van der Waals surface area contributed by atoms with E-state index in [1.54, 1.807) is 31.2 Å². The predicted octanol–water partition coefficient (Wildman–Crippen LogP) is 2.34.